The topological polar surface area (TPSA) is 156 Å². The third-order valence-electron chi connectivity index (χ3n) is 11.5. The Bertz CT molecular complexity index is 1370. The Morgan fingerprint density at radius 1 is 0.845 bits per heavy atom. The van der Waals surface area contributed by atoms with Crippen molar-refractivity contribution in [1.82, 2.24) is 25.9 Å². The van der Waals surface area contributed by atoms with Gasteiger partial charge in [0, 0.05) is 27.2 Å². The number of likely N-dealkylation sites (tertiary alicyclic amines) is 1. The van der Waals surface area contributed by atoms with Crippen molar-refractivity contribution in [3.8, 4) is 0 Å². The second kappa shape index (κ2) is 27.4. The van der Waals surface area contributed by atoms with Gasteiger partial charge in [-0.05, 0) is 62.5 Å². The molecule has 1 aromatic carbocycles. The number of ether oxygens (including phenoxy) is 2. The highest BCUT2D eigenvalue weighted by atomic mass is 16.7. The molecule has 2 aliphatic rings. The predicted molar refractivity (Wildman–Crippen MR) is 230 cm³/mol. The third kappa shape index (κ3) is 16.0. The summed E-state index contributed by atoms with van der Waals surface area (Å²) in [6.45, 7) is 23.2. The summed E-state index contributed by atoms with van der Waals surface area (Å²) in [6.07, 6.45) is 3.40. The molecule has 2 saturated heterocycles. The number of rotatable bonds is 20. The number of carbonyl (C=O) groups is 5. The van der Waals surface area contributed by atoms with Crippen LogP contribution in [0, 0.1) is 29.6 Å². The molecule has 2 fully saturated rings. The van der Waals surface area contributed by atoms with Crippen LogP contribution in [0.25, 0.3) is 0 Å². The number of ketones is 1. The lowest BCUT2D eigenvalue weighted by Crippen LogP contribution is -2.54. The van der Waals surface area contributed by atoms with Crippen molar-refractivity contribution in [1.29, 1.82) is 0 Å². The summed E-state index contributed by atoms with van der Waals surface area (Å²) in [5.74, 6) is -0.172. The molecule has 0 spiro atoms. The maximum absolute atomic E-state index is 13.6. The molecule has 0 radical (unpaired) electrons. The SMILES string of the molecule is CC.CC[C@H](C)[C@H](C)[C@@H](CC(=O)N1CCC[C@H]1[C@H](OC)[C@@H](C)C(=O)N[C@@H](Cc1ccccc1)C(=O)N1CCCO1)OC.CNC(C(=O)N[C@H](C(C)=O)C(C)C)C(C)C. The highest BCUT2D eigenvalue weighted by molar-refractivity contribution is 5.90. The minimum atomic E-state index is -0.765. The van der Waals surface area contributed by atoms with Crippen molar-refractivity contribution < 1.29 is 38.3 Å². The van der Waals surface area contributed by atoms with Gasteiger partial charge in [-0.1, -0.05) is 106 Å². The standard InChI is InChI=1S/C31H49N3O6.C12H24N2O2.C2H6/c1-7-21(2)22(3)27(38-5)20-28(35)33-16-11-15-26(33)29(39-6)23(4)30(36)32-25(19-24-13-9-8-10-14-24)31(37)34-17-12-18-40-34;1-7(2)10(9(5)15)14-12(16)11(13-6)8(3)4;1-2/h8-10,13-14,21-23,25-27,29H,7,11-12,15-20H2,1-6H3,(H,32,36);7-8,10-11,13H,1-6H3,(H,14,16);1-2H3/t21-,22-,23+,25-,26-,27+,29+;10-,11?;/m00./s1. The molecule has 2 heterocycles. The van der Waals surface area contributed by atoms with Crippen molar-refractivity contribution in [2.45, 2.75) is 151 Å². The molecule has 0 aromatic heterocycles. The van der Waals surface area contributed by atoms with Gasteiger partial charge in [0.2, 0.25) is 17.7 Å². The molecular formula is C45H79N5O8. The normalized spacial score (nSPS) is 19.3. The first-order valence-electron chi connectivity index (χ1n) is 21.6. The largest absolute Gasteiger partial charge is 0.381 e. The molecule has 332 valence electrons. The number of Topliss-reactive ketones (excluding diaryl/α,β-unsaturated/α-hetero) is 1. The molecule has 58 heavy (non-hydrogen) atoms. The molecule has 1 unspecified atom stereocenters. The minimum absolute atomic E-state index is 0.00181. The highest BCUT2D eigenvalue weighted by Gasteiger charge is 2.42. The van der Waals surface area contributed by atoms with E-state index in [0.29, 0.717) is 38.5 Å². The van der Waals surface area contributed by atoms with E-state index in [1.165, 1.54) is 12.0 Å². The van der Waals surface area contributed by atoms with Crippen molar-refractivity contribution in [3.63, 3.8) is 0 Å². The number of hydrogen-bond acceptors (Lipinski definition) is 9. The molecule has 1 aromatic rings. The number of hydroxylamine groups is 2. The Balaban J connectivity index is 0.000000785. The van der Waals surface area contributed by atoms with E-state index in [1.54, 1.807) is 21.3 Å². The summed E-state index contributed by atoms with van der Waals surface area (Å²) in [6, 6.07) is 8.01. The molecule has 0 bridgehead atoms. The number of nitrogens with zero attached hydrogens (tertiary/aromatic N) is 2. The molecule has 0 aliphatic carbocycles. The fourth-order valence-corrected chi connectivity index (χ4v) is 7.69. The van der Waals surface area contributed by atoms with Crippen LogP contribution in [-0.2, 0) is 44.7 Å². The van der Waals surface area contributed by atoms with Gasteiger partial charge in [-0.15, -0.1) is 0 Å². The monoisotopic (exact) mass is 818 g/mol. The van der Waals surface area contributed by atoms with Gasteiger partial charge in [0.25, 0.3) is 5.91 Å². The number of likely N-dealkylation sites (N-methyl/N-ethyl adjacent to an activating group) is 1. The van der Waals surface area contributed by atoms with Crippen LogP contribution in [0.4, 0.5) is 0 Å². The van der Waals surface area contributed by atoms with Gasteiger partial charge >= 0.3 is 0 Å². The molecule has 3 rings (SSSR count). The summed E-state index contributed by atoms with van der Waals surface area (Å²) in [7, 11) is 5.01. The second-order valence-electron chi connectivity index (χ2n) is 16.2. The van der Waals surface area contributed by atoms with E-state index < -0.39 is 18.1 Å². The van der Waals surface area contributed by atoms with Crippen LogP contribution < -0.4 is 16.0 Å². The first kappa shape index (κ1) is 52.6. The zero-order chi connectivity index (χ0) is 44.1. The van der Waals surface area contributed by atoms with Crippen LogP contribution in [0.2, 0.25) is 0 Å². The number of benzene rings is 1. The maximum atomic E-state index is 13.6. The van der Waals surface area contributed by atoms with E-state index in [0.717, 1.165) is 31.2 Å². The summed E-state index contributed by atoms with van der Waals surface area (Å²) in [5.41, 5.74) is 0.947. The third-order valence-corrected chi connectivity index (χ3v) is 11.5. The van der Waals surface area contributed by atoms with Crippen molar-refractivity contribution in [2.24, 2.45) is 29.6 Å². The van der Waals surface area contributed by atoms with E-state index in [9.17, 15) is 24.0 Å². The smallest absolute Gasteiger partial charge is 0.269 e. The van der Waals surface area contributed by atoms with Crippen LogP contribution >= 0.6 is 0 Å². The maximum Gasteiger partial charge on any atom is 0.269 e. The lowest BCUT2D eigenvalue weighted by molar-refractivity contribution is -0.172. The van der Waals surface area contributed by atoms with Crippen LogP contribution in [0.1, 0.15) is 114 Å². The average Bonchev–Trinajstić information content (AvgIpc) is 3.93. The number of hydrogen-bond donors (Lipinski definition) is 3. The summed E-state index contributed by atoms with van der Waals surface area (Å²) in [5, 5.41) is 10.1. The van der Waals surface area contributed by atoms with Crippen molar-refractivity contribution >= 4 is 29.4 Å². The fraction of sp³-hybridized carbons (Fsp3) is 0.756. The molecular weight excluding hydrogens is 739 g/mol. The van der Waals surface area contributed by atoms with Gasteiger partial charge in [-0.25, -0.2) is 5.06 Å². The zero-order valence-electron chi connectivity index (χ0n) is 38.3. The molecule has 13 heteroatoms. The van der Waals surface area contributed by atoms with Crippen molar-refractivity contribution in [3.05, 3.63) is 35.9 Å². The Hall–Kier alpha value is -3.39. The second-order valence-corrected chi connectivity index (χ2v) is 16.2. The number of amides is 4. The lowest BCUT2D eigenvalue weighted by Gasteiger charge is -2.36. The molecule has 9 atom stereocenters. The number of carbonyl (C=O) groups excluding carboxylic acids is 5. The number of nitrogens with one attached hydrogen (secondary N) is 3. The zero-order valence-corrected chi connectivity index (χ0v) is 38.3. The highest BCUT2D eigenvalue weighted by Crippen LogP contribution is 2.29. The lowest BCUT2D eigenvalue weighted by atomic mass is 9.87. The van der Waals surface area contributed by atoms with Gasteiger partial charge in [-0.2, -0.15) is 0 Å². The van der Waals surface area contributed by atoms with Crippen molar-refractivity contribution in [2.75, 3.05) is 41.0 Å². The van der Waals surface area contributed by atoms with E-state index in [2.05, 4.69) is 36.7 Å². The Morgan fingerprint density at radius 2 is 1.47 bits per heavy atom. The van der Waals surface area contributed by atoms with Crippen LogP contribution in [-0.4, -0.2) is 117 Å². The van der Waals surface area contributed by atoms with Crippen LogP contribution in [0.3, 0.4) is 0 Å². The van der Waals surface area contributed by atoms with Gasteiger partial charge in [0.15, 0.2) is 5.78 Å². The van der Waals surface area contributed by atoms with E-state index in [1.807, 2.05) is 83.7 Å². The van der Waals surface area contributed by atoms with Gasteiger partial charge in [0.1, 0.15) is 6.04 Å². The van der Waals surface area contributed by atoms with E-state index >= 15 is 0 Å². The molecule has 13 nitrogen and oxygen atoms in total. The summed E-state index contributed by atoms with van der Waals surface area (Å²) < 4.78 is 11.6. The van der Waals surface area contributed by atoms with Gasteiger partial charge < -0.3 is 30.3 Å². The average molecular weight is 818 g/mol. The fourth-order valence-electron chi connectivity index (χ4n) is 7.69. The van der Waals surface area contributed by atoms with Crippen LogP contribution in [0.5, 0.6) is 0 Å². The van der Waals surface area contributed by atoms with E-state index in [-0.39, 0.29) is 71.4 Å². The first-order chi connectivity index (χ1) is 27.5. The summed E-state index contributed by atoms with van der Waals surface area (Å²) in [4.78, 5) is 71.0. The molecule has 3 N–H and O–H groups in total. The van der Waals surface area contributed by atoms with Gasteiger partial charge in [-0.3, -0.25) is 28.8 Å². The first-order valence-corrected chi connectivity index (χ1v) is 21.6. The Labute approximate surface area is 350 Å². The Morgan fingerprint density at radius 3 is 1.95 bits per heavy atom. The van der Waals surface area contributed by atoms with Crippen LogP contribution in [0.15, 0.2) is 30.3 Å². The number of methoxy groups -OCH3 is 2. The summed E-state index contributed by atoms with van der Waals surface area (Å²) >= 11 is 0. The molecule has 2 aliphatic heterocycles. The minimum Gasteiger partial charge on any atom is -0.381 e. The van der Waals surface area contributed by atoms with E-state index in [4.69, 9.17) is 14.3 Å². The quantitative estimate of drug-likeness (QED) is 0.153. The van der Waals surface area contributed by atoms with Gasteiger partial charge in [0.05, 0.1) is 55.8 Å². The Kier molecular flexibility index (Phi) is 24.8. The predicted octanol–water partition coefficient (Wildman–Crippen LogP) is 5.59. The molecule has 0 saturated carbocycles. The molecule has 4 amide bonds.